The highest BCUT2D eigenvalue weighted by molar-refractivity contribution is 7.18. The number of hydrogen-bond acceptors (Lipinski definition) is 6. The topological polar surface area (TPSA) is 93.1 Å². The molecule has 31 heavy (non-hydrogen) atoms. The van der Waals surface area contributed by atoms with Crippen LogP contribution in [0.25, 0.3) is 10.4 Å². The van der Waals surface area contributed by atoms with E-state index in [0.29, 0.717) is 10.4 Å². The Labute approximate surface area is 189 Å². The van der Waals surface area contributed by atoms with Crippen LogP contribution in [0.2, 0.25) is 5.02 Å². The number of halogens is 1. The van der Waals surface area contributed by atoms with Crippen LogP contribution in [0, 0.1) is 0 Å². The minimum Gasteiger partial charge on any atom is -0.479 e. The fourth-order valence-electron chi connectivity index (χ4n) is 3.86. The highest BCUT2D eigenvalue weighted by Crippen LogP contribution is 2.46. The van der Waals surface area contributed by atoms with Crippen molar-refractivity contribution in [3.05, 3.63) is 34.2 Å². The number of ether oxygens (including phenoxy) is 2. The van der Waals surface area contributed by atoms with E-state index < -0.39 is 18.5 Å². The quantitative estimate of drug-likeness (QED) is 0.578. The lowest BCUT2D eigenvalue weighted by Gasteiger charge is -2.34. The molecule has 1 fully saturated rings. The zero-order valence-electron chi connectivity index (χ0n) is 17.4. The molecule has 1 saturated carbocycles. The number of carboxylic acid groups (broad SMARTS) is 1. The second-order valence-corrected chi connectivity index (χ2v) is 8.71. The molecule has 1 N–H and O–H groups in total. The molecule has 2 aromatic rings. The Bertz CT molecular complexity index is 982. The summed E-state index contributed by atoms with van der Waals surface area (Å²) in [4.78, 5) is 38.0. The van der Waals surface area contributed by atoms with Crippen molar-refractivity contribution in [1.82, 2.24) is 0 Å². The van der Waals surface area contributed by atoms with Crippen molar-refractivity contribution in [1.29, 1.82) is 0 Å². The van der Waals surface area contributed by atoms with Gasteiger partial charge in [0.1, 0.15) is 5.02 Å². The van der Waals surface area contributed by atoms with Crippen molar-refractivity contribution in [2.45, 2.75) is 45.1 Å². The van der Waals surface area contributed by atoms with E-state index in [1.807, 2.05) is 29.2 Å². The fraction of sp³-hybridized carbons (Fsp3) is 0.409. The number of carbonyl (C=O) groups is 3. The van der Waals surface area contributed by atoms with E-state index in [1.54, 1.807) is 6.92 Å². The lowest BCUT2D eigenvalue weighted by atomic mass is 9.93. The van der Waals surface area contributed by atoms with E-state index in [1.165, 1.54) is 13.5 Å². The van der Waals surface area contributed by atoms with Crippen LogP contribution in [-0.2, 0) is 14.3 Å². The Kier molecular flexibility index (Phi) is 7.56. The monoisotopic (exact) mass is 465 g/mol. The molecule has 3 rings (SSSR count). The number of carboxylic acids is 1. The fourth-order valence-corrected chi connectivity index (χ4v) is 5.34. The lowest BCUT2D eigenvalue weighted by molar-refractivity contribution is -0.139. The number of carbonyl (C=O) groups excluding carboxylic acids is 2. The Morgan fingerprint density at radius 2 is 1.94 bits per heavy atom. The van der Waals surface area contributed by atoms with Gasteiger partial charge < -0.3 is 19.5 Å². The summed E-state index contributed by atoms with van der Waals surface area (Å²) in [6.45, 7) is 0.923. The van der Waals surface area contributed by atoms with Crippen molar-refractivity contribution in [2.75, 3.05) is 18.6 Å². The molecule has 1 aliphatic carbocycles. The van der Waals surface area contributed by atoms with Crippen LogP contribution < -0.4 is 9.64 Å². The van der Waals surface area contributed by atoms with E-state index >= 15 is 0 Å². The van der Waals surface area contributed by atoms with Gasteiger partial charge in [0.25, 0.3) is 0 Å². The number of esters is 1. The Morgan fingerprint density at radius 3 is 2.55 bits per heavy atom. The van der Waals surface area contributed by atoms with Gasteiger partial charge in [-0.15, -0.1) is 11.3 Å². The molecule has 1 aromatic carbocycles. The van der Waals surface area contributed by atoms with E-state index in [4.69, 9.17) is 26.2 Å². The zero-order valence-corrected chi connectivity index (χ0v) is 18.9. The van der Waals surface area contributed by atoms with Gasteiger partial charge in [0.15, 0.2) is 17.2 Å². The summed E-state index contributed by atoms with van der Waals surface area (Å²) in [6.07, 6.45) is 5.30. The number of thiophene rings is 1. The van der Waals surface area contributed by atoms with Crippen molar-refractivity contribution in [3.63, 3.8) is 0 Å². The van der Waals surface area contributed by atoms with Gasteiger partial charge in [-0.25, -0.2) is 9.59 Å². The van der Waals surface area contributed by atoms with Crippen LogP contribution in [0.15, 0.2) is 24.3 Å². The highest BCUT2D eigenvalue weighted by atomic mass is 35.5. The molecule has 0 bridgehead atoms. The smallest absolute Gasteiger partial charge is 0.351 e. The van der Waals surface area contributed by atoms with E-state index in [-0.39, 0.29) is 27.6 Å². The number of nitrogens with zero attached hydrogens (tertiary/aromatic N) is 1. The molecule has 1 amide bonds. The van der Waals surface area contributed by atoms with Crippen molar-refractivity contribution in [2.24, 2.45) is 0 Å². The van der Waals surface area contributed by atoms with E-state index in [9.17, 15) is 14.4 Å². The second-order valence-electron chi connectivity index (χ2n) is 7.31. The molecule has 0 atom stereocenters. The van der Waals surface area contributed by atoms with Gasteiger partial charge in [0.2, 0.25) is 5.91 Å². The maximum absolute atomic E-state index is 12.5. The van der Waals surface area contributed by atoms with Crippen molar-refractivity contribution >= 4 is 46.5 Å². The Morgan fingerprint density at radius 1 is 1.23 bits per heavy atom. The number of hydrogen-bond donors (Lipinski definition) is 1. The molecule has 0 radical (unpaired) electrons. The summed E-state index contributed by atoms with van der Waals surface area (Å²) in [5, 5.41) is 9.07. The van der Waals surface area contributed by atoms with Crippen LogP contribution in [0.3, 0.4) is 0 Å². The third kappa shape index (κ3) is 5.19. The lowest BCUT2D eigenvalue weighted by Crippen LogP contribution is -2.40. The average Bonchev–Trinajstić information content (AvgIpc) is 3.08. The van der Waals surface area contributed by atoms with Gasteiger partial charge in [0, 0.05) is 18.7 Å². The maximum atomic E-state index is 12.5. The zero-order chi connectivity index (χ0) is 22.5. The Hall–Kier alpha value is -2.58. The van der Waals surface area contributed by atoms with Gasteiger partial charge in [-0.05, 0) is 30.5 Å². The molecule has 166 valence electrons. The van der Waals surface area contributed by atoms with E-state index in [0.717, 1.165) is 42.7 Å². The van der Waals surface area contributed by atoms with Crippen molar-refractivity contribution in [3.8, 4) is 16.2 Å². The molecule has 1 heterocycles. The van der Waals surface area contributed by atoms with Crippen molar-refractivity contribution < 1.29 is 29.0 Å². The number of anilines is 1. The average molecular weight is 466 g/mol. The first-order chi connectivity index (χ1) is 14.8. The molecule has 1 aromatic heterocycles. The van der Waals surface area contributed by atoms with Crippen LogP contribution in [-0.4, -0.2) is 42.7 Å². The van der Waals surface area contributed by atoms with Gasteiger partial charge >= 0.3 is 11.9 Å². The largest absolute Gasteiger partial charge is 0.479 e. The molecule has 9 heteroatoms. The molecule has 7 nitrogen and oxygen atoms in total. The minimum absolute atomic E-state index is 0.0166. The third-order valence-corrected chi connectivity index (χ3v) is 6.86. The first-order valence-corrected chi connectivity index (χ1v) is 11.2. The van der Waals surface area contributed by atoms with Crippen LogP contribution in [0.5, 0.6) is 5.75 Å². The summed E-state index contributed by atoms with van der Waals surface area (Å²) in [5.74, 6) is -1.90. The predicted octanol–water partition coefficient (Wildman–Crippen LogP) is 5.00. The summed E-state index contributed by atoms with van der Waals surface area (Å²) in [5.41, 5.74) is 1.46. The molecule has 0 saturated heterocycles. The van der Waals surface area contributed by atoms with Crippen LogP contribution in [0.1, 0.15) is 48.7 Å². The second kappa shape index (κ2) is 10.2. The third-order valence-electron chi connectivity index (χ3n) is 5.19. The predicted molar refractivity (Wildman–Crippen MR) is 119 cm³/mol. The SMILES string of the molecule is COC(=O)c1sc(-c2cccc(N(C(C)=O)C3CCCCC3)c2)c(Cl)c1OCC(=O)O. The molecule has 1 aliphatic rings. The molecule has 0 aliphatic heterocycles. The summed E-state index contributed by atoms with van der Waals surface area (Å²) in [6, 6.07) is 7.54. The number of rotatable bonds is 7. The molecule has 0 spiro atoms. The number of methoxy groups -OCH3 is 1. The normalized spacial score (nSPS) is 14.2. The van der Waals surface area contributed by atoms with Gasteiger partial charge in [-0.3, -0.25) is 4.79 Å². The van der Waals surface area contributed by atoms with Gasteiger partial charge in [0.05, 0.1) is 12.0 Å². The number of amides is 1. The summed E-state index contributed by atoms with van der Waals surface area (Å²) < 4.78 is 10.1. The minimum atomic E-state index is -1.19. The summed E-state index contributed by atoms with van der Waals surface area (Å²) in [7, 11) is 1.23. The molecular formula is C22H24ClNO6S. The number of aliphatic carboxylic acids is 1. The van der Waals surface area contributed by atoms with Gasteiger partial charge in [-0.2, -0.15) is 0 Å². The van der Waals surface area contributed by atoms with E-state index in [2.05, 4.69) is 0 Å². The van der Waals surface area contributed by atoms with Crippen LogP contribution >= 0.6 is 22.9 Å². The standard InChI is InChI=1S/C22H24ClNO6S/c1-13(25)24(15-8-4-3-5-9-15)16-10-6-7-14(11-16)20-18(23)19(30-12-17(26)27)21(31-20)22(28)29-2/h6-7,10-11,15H,3-5,8-9,12H2,1-2H3,(H,26,27). The first kappa shape index (κ1) is 23.1. The summed E-state index contributed by atoms with van der Waals surface area (Å²) >= 11 is 7.56. The first-order valence-electron chi connectivity index (χ1n) is 9.99. The van der Waals surface area contributed by atoms with Gasteiger partial charge in [-0.1, -0.05) is 43.0 Å². The van der Waals surface area contributed by atoms with Crippen LogP contribution in [0.4, 0.5) is 5.69 Å². The highest BCUT2D eigenvalue weighted by Gasteiger charge is 2.28. The Balaban J connectivity index is 2.02. The number of benzene rings is 1. The molecule has 0 unspecified atom stereocenters. The maximum Gasteiger partial charge on any atom is 0.351 e. The molecular weight excluding hydrogens is 442 g/mol.